The third-order valence-corrected chi connectivity index (χ3v) is 4.41. The van der Waals surface area contributed by atoms with Gasteiger partial charge in [-0.15, -0.1) is 10.2 Å². The van der Waals surface area contributed by atoms with Gasteiger partial charge in [-0.1, -0.05) is 18.2 Å². The summed E-state index contributed by atoms with van der Waals surface area (Å²) in [4.78, 5) is 0. The third kappa shape index (κ3) is 2.85. The van der Waals surface area contributed by atoms with E-state index in [1.165, 1.54) is 0 Å². The average molecular weight is 340 g/mol. The van der Waals surface area contributed by atoms with Crippen LogP contribution in [0.25, 0.3) is 17.1 Å². The highest BCUT2D eigenvalue weighted by molar-refractivity contribution is 5.51. The first-order chi connectivity index (χ1) is 12.2. The molecule has 0 N–H and O–H groups in total. The maximum absolute atomic E-state index is 5.91. The van der Waals surface area contributed by atoms with Gasteiger partial charge in [-0.3, -0.25) is 0 Å². The molecule has 4 rings (SSSR count). The zero-order valence-corrected chi connectivity index (χ0v) is 14.3. The fourth-order valence-electron chi connectivity index (χ4n) is 3.08. The molecule has 0 amide bonds. The van der Waals surface area contributed by atoms with Gasteiger partial charge in [-0.05, 0) is 25.5 Å². The lowest BCUT2D eigenvalue weighted by atomic mass is 10.0. The fraction of sp³-hybridized carbons (Fsp3) is 0.389. The van der Waals surface area contributed by atoms with Crippen molar-refractivity contribution in [3.63, 3.8) is 0 Å². The first kappa shape index (κ1) is 16.0. The normalized spacial score (nSPS) is 20.2. The number of rotatable bonds is 5. The molecule has 1 aliphatic rings. The van der Waals surface area contributed by atoms with E-state index in [-0.39, 0.29) is 0 Å². The number of hydrogen-bond acceptors (Lipinski definition) is 6. The molecule has 7 nitrogen and oxygen atoms in total. The first-order valence-corrected chi connectivity index (χ1v) is 8.38. The smallest absolute Gasteiger partial charge is 0.251 e. The fourth-order valence-corrected chi connectivity index (χ4v) is 3.08. The molecule has 3 heterocycles. The number of nitrogens with zero attached hydrogens (tertiary/aromatic N) is 4. The Morgan fingerprint density at radius 1 is 1.28 bits per heavy atom. The van der Waals surface area contributed by atoms with Gasteiger partial charge in [0.25, 0.3) is 11.8 Å². The van der Waals surface area contributed by atoms with Gasteiger partial charge in [0.05, 0.1) is 30.7 Å². The molecule has 0 aliphatic carbocycles. The molecule has 1 atom stereocenters. The summed E-state index contributed by atoms with van der Waals surface area (Å²) in [6.07, 6.45) is 4.32. The summed E-state index contributed by atoms with van der Waals surface area (Å²) in [7, 11) is 0. The predicted octanol–water partition coefficient (Wildman–Crippen LogP) is 2.88. The molecule has 7 heteroatoms. The van der Waals surface area contributed by atoms with E-state index in [9.17, 15) is 0 Å². The molecule has 0 spiro atoms. The molecule has 1 unspecified atom stereocenters. The second kappa shape index (κ2) is 6.42. The predicted molar refractivity (Wildman–Crippen MR) is 90.3 cm³/mol. The molecule has 1 fully saturated rings. The minimum Gasteiger partial charge on any atom is -0.417 e. The van der Waals surface area contributed by atoms with Crippen molar-refractivity contribution in [2.75, 3.05) is 19.8 Å². The Hall–Kier alpha value is -2.51. The van der Waals surface area contributed by atoms with E-state index in [2.05, 4.69) is 15.3 Å². The topological polar surface area (TPSA) is 75.2 Å². The number of ether oxygens (including phenoxy) is 2. The van der Waals surface area contributed by atoms with Crippen LogP contribution in [0, 0.1) is 6.92 Å². The number of aryl methyl sites for hydroxylation is 1. The lowest BCUT2D eigenvalue weighted by Crippen LogP contribution is -2.30. The lowest BCUT2D eigenvalue weighted by molar-refractivity contribution is -0.0657. The minimum absolute atomic E-state index is 0.431. The molecule has 1 saturated heterocycles. The first-order valence-electron chi connectivity index (χ1n) is 8.38. The zero-order valence-electron chi connectivity index (χ0n) is 14.3. The molecule has 1 aromatic carbocycles. The van der Waals surface area contributed by atoms with Crippen molar-refractivity contribution in [1.82, 2.24) is 20.0 Å². The Labute approximate surface area is 145 Å². The van der Waals surface area contributed by atoms with Gasteiger partial charge in [0.2, 0.25) is 0 Å². The second-order valence-electron chi connectivity index (χ2n) is 6.10. The van der Waals surface area contributed by atoms with E-state index in [1.807, 2.05) is 49.0 Å². The summed E-state index contributed by atoms with van der Waals surface area (Å²) in [6, 6.07) is 8.06. The summed E-state index contributed by atoms with van der Waals surface area (Å²) in [6.45, 7) is 5.62. The molecule has 0 saturated carbocycles. The number of para-hydroxylation sites is 1. The van der Waals surface area contributed by atoms with Gasteiger partial charge in [-0.2, -0.15) is 5.10 Å². The Kier molecular flexibility index (Phi) is 4.10. The Balaban J connectivity index is 1.64. The Morgan fingerprint density at radius 3 is 2.92 bits per heavy atom. The largest absolute Gasteiger partial charge is 0.417 e. The molecule has 0 radical (unpaired) electrons. The molecule has 2 aromatic heterocycles. The van der Waals surface area contributed by atoms with Gasteiger partial charge in [-0.25, -0.2) is 4.68 Å². The Morgan fingerprint density at radius 2 is 2.16 bits per heavy atom. The van der Waals surface area contributed by atoms with Crippen LogP contribution in [0.2, 0.25) is 0 Å². The van der Waals surface area contributed by atoms with Crippen LogP contribution < -0.4 is 0 Å². The molecule has 3 aromatic rings. The number of benzene rings is 1. The van der Waals surface area contributed by atoms with Crippen molar-refractivity contribution in [3.8, 4) is 17.1 Å². The molecule has 0 bridgehead atoms. The highest BCUT2D eigenvalue weighted by Crippen LogP contribution is 2.35. The van der Waals surface area contributed by atoms with Gasteiger partial charge >= 0.3 is 0 Å². The van der Waals surface area contributed by atoms with Crippen molar-refractivity contribution in [2.45, 2.75) is 25.9 Å². The van der Waals surface area contributed by atoms with Crippen LogP contribution in [-0.4, -0.2) is 39.8 Å². The molecule has 1 aliphatic heterocycles. The van der Waals surface area contributed by atoms with E-state index in [4.69, 9.17) is 13.9 Å². The quantitative estimate of drug-likeness (QED) is 0.711. The van der Waals surface area contributed by atoms with E-state index >= 15 is 0 Å². The Bertz CT molecular complexity index is 865. The van der Waals surface area contributed by atoms with Crippen molar-refractivity contribution >= 4 is 0 Å². The van der Waals surface area contributed by atoms with Crippen molar-refractivity contribution < 1.29 is 13.9 Å². The van der Waals surface area contributed by atoms with Crippen molar-refractivity contribution in [2.24, 2.45) is 0 Å². The van der Waals surface area contributed by atoms with Gasteiger partial charge < -0.3 is 13.9 Å². The highest BCUT2D eigenvalue weighted by atomic mass is 16.6. The lowest BCUT2D eigenvalue weighted by Gasteiger charge is -2.22. The van der Waals surface area contributed by atoms with Crippen molar-refractivity contribution in [1.29, 1.82) is 0 Å². The maximum atomic E-state index is 5.91. The van der Waals surface area contributed by atoms with E-state index in [1.54, 1.807) is 6.20 Å². The molecular formula is C18H20N4O3. The van der Waals surface area contributed by atoms with Crippen LogP contribution in [0.15, 0.2) is 41.1 Å². The summed E-state index contributed by atoms with van der Waals surface area (Å²) in [5.41, 5.74) is 2.30. The molecular weight excluding hydrogens is 320 g/mol. The zero-order chi connectivity index (χ0) is 17.3. The molecule has 25 heavy (non-hydrogen) atoms. The van der Waals surface area contributed by atoms with E-state index in [0.29, 0.717) is 38.0 Å². The minimum atomic E-state index is -0.633. The van der Waals surface area contributed by atoms with Crippen LogP contribution in [0.1, 0.15) is 24.8 Å². The van der Waals surface area contributed by atoms with Crippen LogP contribution in [0.5, 0.6) is 0 Å². The number of aromatic nitrogens is 4. The maximum Gasteiger partial charge on any atom is 0.251 e. The van der Waals surface area contributed by atoms with E-state index < -0.39 is 5.60 Å². The van der Waals surface area contributed by atoms with E-state index in [0.717, 1.165) is 16.8 Å². The molecule has 130 valence electrons. The monoisotopic (exact) mass is 340 g/mol. The average Bonchev–Trinajstić information content (AvgIpc) is 3.36. The summed E-state index contributed by atoms with van der Waals surface area (Å²) >= 11 is 0. The van der Waals surface area contributed by atoms with Crippen LogP contribution in [-0.2, 0) is 15.1 Å². The SMILES string of the molecule is CCOC1(c2nnc(-c3cnn(-c4ccccc4C)c3)o2)CCOC1. The highest BCUT2D eigenvalue weighted by Gasteiger charge is 2.43. The summed E-state index contributed by atoms with van der Waals surface area (Å²) < 4.78 is 19.1. The summed E-state index contributed by atoms with van der Waals surface area (Å²) in [5, 5.41) is 12.8. The third-order valence-electron chi connectivity index (χ3n) is 4.41. The standard InChI is InChI=1S/C18H20N4O3/c1-3-24-18(8-9-23-12-18)17-21-20-16(25-17)14-10-19-22(11-14)15-7-5-4-6-13(15)2/h4-7,10-11H,3,8-9,12H2,1-2H3. The number of hydrogen-bond donors (Lipinski definition) is 0. The van der Waals surface area contributed by atoms with Gasteiger partial charge in [0.15, 0.2) is 5.60 Å². The van der Waals surface area contributed by atoms with Crippen LogP contribution in [0.3, 0.4) is 0 Å². The van der Waals surface area contributed by atoms with Gasteiger partial charge in [0.1, 0.15) is 0 Å². The summed E-state index contributed by atoms with van der Waals surface area (Å²) in [5.74, 6) is 0.895. The van der Waals surface area contributed by atoms with Crippen molar-refractivity contribution in [3.05, 3.63) is 48.1 Å². The van der Waals surface area contributed by atoms with Crippen LogP contribution in [0.4, 0.5) is 0 Å². The second-order valence-corrected chi connectivity index (χ2v) is 6.10. The van der Waals surface area contributed by atoms with Gasteiger partial charge in [0, 0.05) is 19.2 Å². The van der Waals surface area contributed by atoms with Crippen LogP contribution >= 0.6 is 0 Å².